The van der Waals surface area contributed by atoms with E-state index in [4.69, 9.17) is 15.2 Å². The molecule has 8 heteroatoms. The van der Waals surface area contributed by atoms with Crippen LogP contribution in [0.3, 0.4) is 0 Å². The Labute approximate surface area is 163 Å². The Balaban J connectivity index is 2.00. The smallest absolute Gasteiger partial charge is 0.267 e. The van der Waals surface area contributed by atoms with Crippen LogP contribution < -0.4 is 16.0 Å². The lowest BCUT2D eigenvalue weighted by molar-refractivity contribution is 0.146. The maximum Gasteiger partial charge on any atom is 0.267 e. The number of anilines is 1. The highest BCUT2D eigenvalue weighted by atomic mass is 16.5. The third kappa shape index (κ3) is 4.34. The quantitative estimate of drug-likeness (QED) is 0.627. The molecule has 1 aromatic carbocycles. The summed E-state index contributed by atoms with van der Waals surface area (Å²) in [5.41, 5.74) is 8.43. The molecule has 0 fully saturated rings. The molecule has 0 saturated carbocycles. The fourth-order valence-electron chi connectivity index (χ4n) is 2.69. The molecule has 3 rings (SSSR count). The molecule has 0 unspecified atom stereocenters. The predicted molar refractivity (Wildman–Crippen MR) is 107 cm³/mol. The van der Waals surface area contributed by atoms with Gasteiger partial charge >= 0.3 is 0 Å². The van der Waals surface area contributed by atoms with Crippen LogP contribution in [0.2, 0.25) is 0 Å². The number of aromatic nitrogens is 4. The number of methoxy groups -OCH3 is 1. The Hall–Kier alpha value is -3.26. The number of hydrogen-bond donors (Lipinski definition) is 1. The summed E-state index contributed by atoms with van der Waals surface area (Å²) in [5.74, 6) is 0.896. The topological polar surface area (TPSA) is 105 Å². The molecule has 2 N–H and O–H groups in total. The van der Waals surface area contributed by atoms with E-state index in [1.54, 1.807) is 19.4 Å². The zero-order chi connectivity index (χ0) is 20.1. The Morgan fingerprint density at radius 2 is 1.86 bits per heavy atom. The highest BCUT2D eigenvalue weighted by Gasteiger charge is 2.14. The third-order valence-corrected chi connectivity index (χ3v) is 4.08. The van der Waals surface area contributed by atoms with Crippen LogP contribution in [0.1, 0.15) is 19.9 Å². The first-order chi connectivity index (χ1) is 13.5. The van der Waals surface area contributed by atoms with Gasteiger partial charge in [0.05, 0.1) is 24.0 Å². The highest BCUT2D eigenvalue weighted by Crippen LogP contribution is 2.30. The van der Waals surface area contributed by atoms with Crippen molar-refractivity contribution in [3.63, 3.8) is 0 Å². The molecule has 0 atom stereocenters. The lowest BCUT2D eigenvalue weighted by Gasteiger charge is -2.13. The first-order valence-corrected chi connectivity index (χ1v) is 8.94. The molecule has 0 amide bonds. The van der Waals surface area contributed by atoms with Gasteiger partial charge in [0.2, 0.25) is 5.95 Å². The van der Waals surface area contributed by atoms with E-state index in [1.807, 2.05) is 38.1 Å². The first-order valence-electron chi connectivity index (χ1n) is 8.94. The van der Waals surface area contributed by atoms with Gasteiger partial charge in [0.1, 0.15) is 12.4 Å². The van der Waals surface area contributed by atoms with Crippen LogP contribution in [-0.4, -0.2) is 40.1 Å². The summed E-state index contributed by atoms with van der Waals surface area (Å²) in [6.45, 7) is 4.80. The van der Waals surface area contributed by atoms with Crippen molar-refractivity contribution < 1.29 is 9.47 Å². The van der Waals surface area contributed by atoms with E-state index < -0.39 is 0 Å². The molecule has 0 aliphatic carbocycles. The standard InChI is InChI=1S/C20H23N5O3/c1-13(2)25-18(26)9-8-17(24-25)16-12-22-20(21)23-19(16)14-4-6-15(7-5-14)28-11-10-27-3/h4-9,12-13H,10-11H2,1-3H3,(H2,21,22,23). The predicted octanol–water partition coefficient (Wildman–Crippen LogP) is 2.56. The number of nitrogen functional groups attached to an aromatic ring is 1. The summed E-state index contributed by atoms with van der Waals surface area (Å²) in [5, 5.41) is 4.47. The average molecular weight is 381 g/mol. The minimum atomic E-state index is -0.158. The van der Waals surface area contributed by atoms with Crippen molar-refractivity contribution in [1.29, 1.82) is 0 Å². The number of nitrogens with two attached hydrogens (primary N) is 1. The molecule has 146 valence electrons. The summed E-state index contributed by atoms with van der Waals surface area (Å²) in [7, 11) is 1.63. The van der Waals surface area contributed by atoms with E-state index in [-0.39, 0.29) is 17.5 Å². The van der Waals surface area contributed by atoms with E-state index in [0.717, 1.165) is 11.3 Å². The second-order valence-corrected chi connectivity index (χ2v) is 6.45. The zero-order valence-corrected chi connectivity index (χ0v) is 16.1. The van der Waals surface area contributed by atoms with Crippen LogP contribution in [0.25, 0.3) is 22.5 Å². The molecule has 0 radical (unpaired) electrons. The summed E-state index contributed by atoms with van der Waals surface area (Å²) in [6, 6.07) is 10.6. The van der Waals surface area contributed by atoms with Gasteiger partial charge in [-0.3, -0.25) is 4.79 Å². The van der Waals surface area contributed by atoms with Crippen LogP contribution in [0.15, 0.2) is 47.4 Å². The number of ether oxygens (including phenoxy) is 2. The number of benzene rings is 1. The molecule has 2 aromatic heterocycles. The van der Waals surface area contributed by atoms with Crippen molar-refractivity contribution >= 4 is 5.95 Å². The normalized spacial score (nSPS) is 11.0. The molecule has 8 nitrogen and oxygen atoms in total. The molecule has 0 bridgehead atoms. The van der Waals surface area contributed by atoms with Gasteiger partial charge < -0.3 is 15.2 Å². The van der Waals surface area contributed by atoms with Crippen molar-refractivity contribution in [2.24, 2.45) is 0 Å². The van der Waals surface area contributed by atoms with Crippen molar-refractivity contribution in [3.05, 3.63) is 52.9 Å². The third-order valence-electron chi connectivity index (χ3n) is 4.08. The van der Waals surface area contributed by atoms with Gasteiger partial charge in [-0.05, 0) is 44.2 Å². The summed E-state index contributed by atoms with van der Waals surface area (Å²) in [6.07, 6.45) is 1.62. The van der Waals surface area contributed by atoms with Crippen LogP contribution in [0.4, 0.5) is 5.95 Å². The Morgan fingerprint density at radius 3 is 2.54 bits per heavy atom. The number of hydrogen-bond acceptors (Lipinski definition) is 7. The van der Waals surface area contributed by atoms with Crippen LogP contribution in [0.5, 0.6) is 5.75 Å². The van der Waals surface area contributed by atoms with Gasteiger partial charge in [-0.15, -0.1) is 0 Å². The fraction of sp³-hybridized carbons (Fsp3) is 0.300. The number of rotatable bonds is 7. The first kappa shape index (κ1) is 19.5. The lowest BCUT2D eigenvalue weighted by Crippen LogP contribution is -2.24. The molecule has 0 spiro atoms. The molecular formula is C20H23N5O3. The molecule has 2 heterocycles. The van der Waals surface area contributed by atoms with E-state index in [1.165, 1.54) is 10.7 Å². The van der Waals surface area contributed by atoms with Crippen LogP contribution >= 0.6 is 0 Å². The highest BCUT2D eigenvalue weighted by molar-refractivity contribution is 5.79. The van der Waals surface area contributed by atoms with Crippen molar-refractivity contribution in [3.8, 4) is 28.3 Å². The van der Waals surface area contributed by atoms with Crippen molar-refractivity contribution in [1.82, 2.24) is 19.7 Å². The summed E-state index contributed by atoms with van der Waals surface area (Å²) >= 11 is 0. The van der Waals surface area contributed by atoms with Gasteiger partial charge in [0.25, 0.3) is 5.56 Å². The molecule has 0 aliphatic heterocycles. The van der Waals surface area contributed by atoms with Gasteiger partial charge in [0, 0.05) is 30.5 Å². The molecule has 28 heavy (non-hydrogen) atoms. The molecule has 0 saturated heterocycles. The SMILES string of the molecule is COCCOc1ccc(-c2nc(N)ncc2-c2ccc(=O)n(C(C)C)n2)cc1. The second kappa shape index (κ2) is 8.62. The van der Waals surface area contributed by atoms with E-state index in [0.29, 0.717) is 30.2 Å². The Kier molecular flexibility index (Phi) is 6.00. The van der Waals surface area contributed by atoms with Gasteiger partial charge in [-0.2, -0.15) is 5.10 Å². The molecule has 3 aromatic rings. The summed E-state index contributed by atoms with van der Waals surface area (Å²) < 4.78 is 12.0. The van der Waals surface area contributed by atoms with Crippen LogP contribution in [0, 0.1) is 0 Å². The van der Waals surface area contributed by atoms with E-state index >= 15 is 0 Å². The maximum atomic E-state index is 12.0. The molecular weight excluding hydrogens is 358 g/mol. The minimum absolute atomic E-state index is 0.0610. The zero-order valence-electron chi connectivity index (χ0n) is 16.1. The van der Waals surface area contributed by atoms with Gasteiger partial charge in [-0.25, -0.2) is 14.6 Å². The minimum Gasteiger partial charge on any atom is -0.491 e. The van der Waals surface area contributed by atoms with Gasteiger partial charge in [0.15, 0.2) is 0 Å². The second-order valence-electron chi connectivity index (χ2n) is 6.45. The van der Waals surface area contributed by atoms with Crippen molar-refractivity contribution in [2.45, 2.75) is 19.9 Å². The fourth-order valence-corrected chi connectivity index (χ4v) is 2.69. The monoisotopic (exact) mass is 381 g/mol. The lowest BCUT2D eigenvalue weighted by atomic mass is 10.0. The van der Waals surface area contributed by atoms with E-state index in [9.17, 15) is 4.79 Å². The number of nitrogens with zero attached hydrogens (tertiary/aromatic N) is 4. The van der Waals surface area contributed by atoms with Crippen molar-refractivity contribution in [2.75, 3.05) is 26.1 Å². The van der Waals surface area contributed by atoms with Crippen LogP contribution in [-0.2, 0) is 4.74 Å². The largest absolute Gasteiger partial charge is 0.491 e. The molecule has 0 aliphatic rings. The van der Waals surface area contributed by atoms with E-state index in [2.05, 4.69) is 15.1 Å². The Morgan fingerprint density at radius 1 is 1.11 bits per heavy atom. The van der Waals surface area contributed by atoms with Gasteiger partial charge in [-0.1, -0.05) is 0 Å². The Bertz CT molecular complexity index is 999. The maximum absolute atomic E-state index is 12.0. The summed E-state index contributed by atoms with van der Waals surface area (Å²) in [4.78, 5) is 20.5. The average Bonchev–Trinajstić information content (AvgIpc) is 2.69.